The molecule has 2 rings (SSSR count). The van der Waals surface area contributed by atoms with Gasteiger partial charge in [0.25, 0.3) is 0 Å². The third kappa shape index (κ3) is 3.97. The van der Waals surface area contributed by atoms with Crippen LogP contribution in [0.1, 0.15) is 32.6 Å². The molecule has 4 heteroatoms. The van der Waals surface area contributed by atoms with Crippen LogP contribution in [-0.2, 0) is 4.79 Å². The molecule has 0 aromatic heterocycles. The fourth-order valence-corrected chi connectivity index (χ4v) is 2.55. The van der Waals surface area contributed by atoms with E-state index in [1.165, 1.54) is 0 Å². The number of carbonyl (C=O) groups excluding carboxylic acids is 1. The van der Waals surface area contributed by atoms with Crippen LogP contribution in [0, 0.1) is 0 Å². The number of nitrogens with two attached hydrogens (primary N) is 1. The van der Waals surface area contributed by atoms with Crippen molar-refractivity contribution in [3.63, 3.8) is 0 Å². The molecule has 0 spiro atoms. The first kappa shape index (κ1) is 14.9. The summed E-state index contributed by atoms with van der Waals surface area (Å²) in [5.74, 6) is 0.991. The van der Waals surface area contributed by atoms with Crippen LogP contribution in [0.2, 0.25) is 0 Å². The van der Waals surface area contributed by atoms with E-state index in [9.17, 15) is 4.79 Å². The minimum absolute atomic E-state index is 0.0880. The summed E-state index contributed by atoms with van der Waals surface area (Å²) in [5, 5.41) is 0. The number of likely N-dealkylation sites (tertiary alicyclic amines) is 1. The zero-order valence-electron chi connectivity index (χ0n) is 12.1. The quantitative estimate of drug-likeness (QED) is 0.897. The lowest BCUT2D eigenvalue weighted by molar-refractivity contribution is -0.134. The SMILES string of the molecule is CCCC(N)C(=O)N1CCC(Oc2ccccc2)CC1. The van der Waals surface area contributed by atoms with Crippen LogP contribution in [0.5, 0.6) is 5.75 Å². The highest BCUT2D eigenvalue weighted by Gasteiger charge is 2.26. The van der Waals surface area contributed by atoms with E-state index in [4.69, 9.17) is 10.5 Å². The smallest absolute Gasteiger partial charge is 0.239 e. The van der Waals surface area contributed by atoms with Crippen molar-refractivity contribution in [3.05, 3.63) is 30.3 Å². The highest BCUT2D eigenvalue weighted by Crippen LogP contribution is 2.19. The van der Waals surface area contributed by atoms with E-state index in [-0.39, 0.29) is 18.1 Å². The van der Waals surface area contributed by atoms with Crippen LogP contribution < -0.4 is 10.5 Å². The molecule has 1 aliphatic rings. The molecule has 1 aromatic rings. The molecule has 20 heavy (non-hydrogen) atoms. The molecular weight excluding hydrogens is 252 g/mol. The molecule has 0 saturated carbocycles. The number of benzene rings is 1. The fourth-order valence-electron chi connectivity index (χ4n) is 2.55. The molecule has 110 valence electrons. The van der Waals surface area contributed by atoms with Gasteiger partial charge in [0.05, 0.1) is 6.04 Å². The standard InChI is InChI=1S/C16H24N2O2/c1-2-6-15(17)16(19)18-11-9-14(10-12-18)20-13-7-4-3-5-8-13/h3-5,7-8,14-15H,2,6,9-12,17H2,1H3. The van der Waals surface area contributed by atoms with E-state index < -0.39 is 0 Å². The molecule has 0 bridgehead atoms. The summed E-state index contributed by atoms with van der Waals surface area (Å²) < 4.78 is 5.92. The number of ether oxygens (including phenoxy) is 1. The van der Waals surface area contributed by atoms with Gasteiger partial charge in [0.2, 0.25) is 5.91 Å². The summed E-state index contributed by atoms with van der Waals surface area (Å²) in [6.45, 7) is 3.54. The number of amides is 1. The Morgan fingerprint density at radius 3 is 2.60 bits per heavy atom. The third-order valence-electron chi connectivity index (χ3n) is 3.72. The van der Waals surface area contributed by atoms with Crippen molar-refractivity contribution in [3.8, 4) is 5.75 Å². The van der Waals surface area contributed by atoms with E-state index in [0.717, 1.165) is 44.5 Å². The lowest BCUT2D eigenvalue weighted by Crippen LogP contribution is -2.48. The number of hydrogen-bond acceptors (Lipinski definition) is 3. The van der Waals surface area contributed by atoms with Crippen molar-refractivity contribution < 1.29 is 9.53 Å². The van der Waals surface area contributed by atoms with Gasteiger partial charge in [0.1, 0.15) is 11.9 Å². The van der Waals surface area contributed by atoms with E-state index in [2.05, 4.69) is 0 Å². The van der Waals surface area contributed by atoms with Gasteiger partial charge in [-0.05, 0) is 18.6 Å². The van der Waals surface area contributed by atoms with Crippen molar-refractivity contribution in [1.29, 1.82) is 0 Å². The highest BCUT2D eigenvalue weighted by atomic mass is 16.5. The van der Waals surface area contributed by atoms with Crippen LogP contribution >= 0.6 is 0 Å². The van der Waals surface area contributed by atoms with Gasteiger partial charge in [-0.2, -0.15) is 0 Å². The predicted molar refractivity (Wildman–Crippen MR) is 79.6 cm³/mol. The minimum Gasteiger partial charge on any atom is -0.490 e. The second-order valence-corrected chi connectivity index (χ2v) is 5.35. The zero-order valence-corrected chi connectivity index (χ0v) is 12.1. The predicted octanol–water partition coefficient (Wildman–Crippen LogP) is 2.18. The maximum absolute atomic E-state index is 12.1. The molecule has 1 fully saturated rings. The Kier molecular flexibility index (Phi) is 5.41. The minimum atomic E-state index is -0.341. The van der Waals surface area contributed by atoms with Gasteiger partial charge in [-0.25, -0.2) is 0 Å². The van der Waals surface area contributed by atoms with Crippen molar-refractivity contribution in [1.82, 2.24) is 4.90 Å². The summed E-state index contributed by atoms with van der Waals surface area (Å²) >= 11 is 0. The fraction of sp³-hybridized carbons (Fsp3) is 0.562. The number of nitrogens with zero attached hydrogens (tertiary/aromatic N) is 1. The van der Waals surface area contributed by atoms with Gasteiger partial charge in [0, 0.05) is 25.9 Å². The molecule has 1 unspecified atom stereocenters. The molecule has 1 aliphatic heterocycles. The molecule has 2 N–H and O–H groups in total. The normalized spacial score (nSPS) is 17.8. The average molecular weight is 276 g/mol. The molecule has 1 aromatic carbocycles. The number of carbonyl (C=O) groups is 1. The molecule has 1 amide bonds. The molecule has 4 nitrogen and oxygen atoms in total. The lowest BCUT2D eigenvalue weighted by atomic mass is 10.1. The van der Waals surface area contributed by atoms with Gasteiger partial charge in [-0.1, -0.05) is 31.5 Å². The van der Waals surface area contributed by atoms with E-state index in [1.54, 1.807) is 0 Å². The van der Waals surface area contributed by atoms with E-state index in [0.29, 0.717) is 0 Å². The molecule has 1 heterocycles. The Bertz CT molecular complexity index is 414. The maximum atomic E-state index is 12.1. The van der Waals surface area contributed by atoms with Gasteiger partial charge >= 0.3 is 0 Å². The monoisotopic (exact) mass is 276 g/mol. The van der Waals surface area contributed by atoms with Crippen molar-refractivity contribution in [2.24, 2.45) is 5.73 Å². The summed E-state index contributed by atoms with van der Waals surface area (Å²) in [7, 11) is 0. The first-order valence-electron chi connectivity index (χ1n) is 7.46. The summed E-state index contributed by atoms with van der Waals surface area (Å²) in [6, 6.07) is 9.51. The van der Waals surface area contributed by atoms with Gasteiger partial charge < -0.3 is 15.4 Å². The van der Waals surface area contributed by atoms with Crippen molar-refractivity contribution in [2.75, 3.05) is 13.1 Å². The molecule has 1 atom stereocenters. The van der Waals surface area contributed by atoms with Crippen LogP contribution in [0.15, 0.2) is 30.3 Å². The summed E-state index contributed by atoms with van der Waals surface area (Å²) in [4.78, 5) is 14.0. The second kappa shape index (κ2) is 7.29. The molecule has 1 saturated heterocycles. The van der Waals surface area contributed by atoms with Crippen molar-refractivity contribution in [2.45, 2.75) is 44.8 Å². The molecule has 0 aliphatic carbocycles. The van der Waals surface area contributed by atoms with Gasteiger partial charge in [-0.15, -0.1) is 0 Å². The van der Waals surface area contributed by atoms with Crippen molar-refractivity contribution >= 4 is 5.91 Å². The molecule has 0 radical (unpaired) electrons. The Hall–Kier alpha value is -1.55. The van der Waals surface area contributed by atoms with E-state index in [1.807, 2.05) is 42.2 Å². The summed E-state index contributed by atoms with van der Waals surface area (Å²) in [5.41, 5.74) is 5.89. The lowest BCUT2D eigenvalue weighted by Gasteiger charge is -2.33. The first-order valence-corrected chi connectivity index (χ1v) is 7.46. The number of rotatable bonds is 5. The summed E-state index contributed by atoms with van der Waals surface area (Å²) in [6.07, 6.45) is 3.66. The average Bonchev–Trinajstić information content (AvgIpc) is 2.48. The third-order valence-corrected chi connectivity index (χ3v) is 3.72. The highest BCUT2D eigenvalue weighted by molar-refractivity contribution is 5.81. The van der Waals surface area contributed by atoms with Gasteiger partial charge in [0.15, 0.2) is 0 Å². The Balaban J connectivity index is 1.79. The maximum Gasteiger partial charge on any atom is 0.239 e. The Labute approximate surface area is 120 Å². The second-order valence-electron chi connectivity index (χ2n) is 5.35. The number of piperidine rings is 1. The first-order chi connectivity index (χ1) is 9.70. The van der Waals surface area contributed by atoms with Crippen LogP contribution in [-0.4, -0.2) is 36.0 Å². The Morgan fingerprint density at radius 1 is 1.35 bits per heavy atom. The Morgan fingerprint density at radius 2 is 2.00 bits per heavy atom. The van der Waals surface area contributed by atoms with Gasteiger partial charge in [-0.3, -0.25) is 4.79 Å². The zero-order chi connectivity index (χ0) is 14.4. The molecular formula is C16H24N2O2. The topological polar surface area (TPSA) is 55.6 Å². The van der Waals surface area contributed by atoms with Crippen LogP contribution in [0.3, 0.4) is 0 Å². The largest absolute Gasteiger partial charge is 0.490 e. The van der Waals surface area contributed by atoms with E-state index >= 15 is 0 Å². The number of hydrogen-bond donors (Lipinski definition) is 1. The van der Waals surface area contributed by atoms with Crippen LogP contribution in [0.4, 0.5) is 0 Å². The van der Waals surface area contributed by atoms with Crippen LogP contribution in [0.25, 0.3) is 0 Å². The number of para-hydroxylation sites is 1.